The van der Waals surface area contributed by atoms with Crippen LogP contribution >= 0.6 is 0 Å². The molecule has 4 nitrogen and oxygen atoms in total. The van der Waals surface area contributed by atoms with Crippen LogP contribution in [0.5, 0.6) is 0 Å². The lowest BCUT2D eigenvalue weighted by molar-refractivity contribution is -0.0141. The molecule has 1 aromatic rings. The van der Waals surface area contributed by atoms with Crippen LogP contribution in [-0.2, 0) is 11.3 Å². The smallest absolute Gasteiger partial charge is 0.0707 e. The summed E-state index contributed by atoms with van der Waals surface area (Å²) in [4.78, 5) is 0. The molecule has 2 rings (SSSR count). The molecule has 1 N–H and O–H groups in total. The van der Waals surface area contributed by atoms with Crippen molar-refractivity contribution < 1.29 is 4.74 Å². The van der Waals surface area contributed by atoms with Gasteiger partial charge in [-0.3, -0.25) is 4.68 Å². The highest BCUT2D eigenvalue weighted by Gasteiger charge is 2.30. The van der Waals surface area contributed by atoms with Crippen LogP contribution in [0.4, 0.5) is 0 Å². The van der Waals surface area contributed by atoms with Crippen molar-refractivity contribution in [2.45, 2.75) is 44.9 Å². The van der Waals surface area contributed by atoms with E-state index < -0.39 is 0 Å². The van der Waals surface area contributed by atoms with Gasteiger partial charge in [0.05, 0.1) is 18.2 Å². The topological polar surface area (TPSA) is 39.1 Å². The third-order valence-corrected chi connectivity index (χ3v) is 3.00. The van der Waals surface area contributed by atoms with E-state index in [1.165, 1.54) is 12.8 Å². The zero-order chi connectivity index (χ0) is 11.4. The molecule has 1 aliphatic heterocycles. The van der Waals surface area contributed by atoms with Crippen LogP contribution < -0.4 is 5.32 Å². The second-order valence-corrected chi connectivity index (χ2v) is 5.01. The summed E-state index contributed by atoms with van der Waals surface area (Å²) >= 11 is 0. The van der Waals surface area contributed by atoms with Crippen LogP contribution in [0.25, 0.3) is 0 Å². The number of aromatic nitrogens is 2. The number of nitrogens with one attached hydrogen (secondary N) is 1. The number of rotatable bonds is 5. The van der Waals surface area contributed by atoms with E-state index in [0.29, 0.717) is 6.10 Å². The van der Waals surface area contributed by atoms with Crippen LogP contribution in [-0.4, -0.2) is 34.6 Å². The van der Waals surface area contributed by atoms with Gasteiger partial charge in [-0.05, 0) is 32.8 Å². The lowest BCUT2D eigenvalue weighted by Gasteiger charge is -2.19. The second kappa shape index (κ2) is 4.97. The van der Waals surface area contributed by atoms with Crippen LogP contribution in [0.15, 0.2) is 18.5 Å². The molecule has 1 unspecified atom stereocenters. The van der Waals surface area contributed by atoms with Gasteiger partial charge in [0, 0.05) is 25.5 Å². The summed E-state index contributed by atoms with van der Waals surface area (Å²) in [6.45, 7) is 7.14. The Balaban J connectivity index is 1.59. The average molecular weight is 223 g/mol. The van der Waals surface area contributed by atoms with Crippen molar-refractivity contribution in [3.05, 3.63) is 18.5 Å². The van der Waals surface area contributed by atoms with Gasteiger partial charge in [-0.2, -0.15) is 5.10 Å². The molecule has 0 bridgehead atoms. The highest BCUT2D eigenvalue weighted by atomic mass is 16.5. The Morgan fingerprint density at radius 1 is 1.56 bits per heavy atom. The van der Waals surface area contributed by atoms with Gasteiger partial charge in [0.2, 0.25) is 0 Å². The molecular weight excluding hydrogens is 202 g/mol. The van der Waals surface area contributed by atoms with Gasteiger partial charge in [-0.1, -0.05) is 0 Å². The molecule has 0 aromatic carbocycles. The van der Waals surface area contributed by atoms with Crippen molar-refractivity contribution in [1.29, 1.82) is 0 Å². The molecule has 1 atom stereocenters. The molecule has 1 fully saturated rings. The normalized spacial score (nSPS) is 23.8. The fourth-order valence-electron chi connectivity index (χ4n) is 2.11. The van der Waals surface area contributed by atoms with Crippen molar-refractivity contribution in [3.63, 3.8) is 0 Å². The summed E-state index contributed by atoms with van der Waals surface area (Å²) in [6, 6.07) is 1.95. The highest BCUT2D eigenvalue weighted by molar-refractivity contribution is 4.82. The van der Waals surface area contributed by atoms with E-state index in [9.17, 15) is 0 Å². The predicted octanol–water partition coefficient (Wildman–Crippen LogP) is 1.43. The summed E-state index contributed by atoms with van der Waals surface area (Å²) in [5.41, 5.74) is 0.0777. The first-order valence-electron chi connectivity index (χ1n) is 6.02. The number of hydrogen-bond acceptors (Lipinski definition) is 3. The molecule has 0 amide bonds. The number of hydrogen-bond donors (Lipinski definition) is 1. The van der Waals surface area contributed by atoms with Gasteiger partial charge >= 0.3 is 0 Å². The molecular formula is C12H21N3O. The van der Waals surface area contributed by atoms with Gasteiger partial charge < -0.3 is 10.1 Å². The van der Waals surface area contributed by atoms with Crippen molar-refractivity contribution >= 4 is 0 Å². The van der Waals surface area contributed by atoms with Crippen LogP contribution in [0.1, 0.15) is 26.7 Å². The molecule has 0 saturated carbocycles. The van der Waals surface area contributed by atoms with Crippen molar-refractivity contribution in [1.82, 2.24) is 15.1 Å². The van der Waals surface area contributed by atoms with Gasteiger partial charge in [0.15, 0.2) is 0 Å². The van der Waals surface area contributed by atoms with E-state index in [-0.39, 0.29) is 5.60 Å². The fraction of sp³-hybridized carbons (Fsp3) is 0.750. The van der Waals surface area contributed by atoms with Crippen LogP contribution in [0.3, 0.4) is 0 Å². The Hall–Kier alpha value is -0.870. The van der Waals surface area contributed by atoms with Crippen molar-refractivity contribution in [2.24, 2.45) is 0 Å². The molecule has 4 heteroatoms. The van der Waals surface area contributed by atoms with Crippen LogP contribution in [0.2, 0.25) is 0 Å². The minimum absolute atomic E-state index is 0.0777. The zero-order valence-electron chi connectivity index (χ0n) is 10.1. The summed E-state index contributed by atoms with van der Waals surface area (Å²) in [5, 5.41) is 7.57. The number of ether oxygens (including phenoxy) is 1. The summed E-state index contributed by atoms with van der Waals surface area (Å²) in [7, 11) is 0. The van der Waals surface area contributed by atoms with E-state index in [4.69, 9.17) is 4.74 Å². The van der Waals surface area contributed by atoms with Crippen molar-refractivity contribution in [3.8, 4) is 0 Å². The lowest BCUT2D eigenvalue weighted by atomic mass is 10.1. The van der Waals surface area contributed by atoms with Gasteiger partial charge in [-0.25, -0.2) is 0 Å². The lowest BCUT2D eigenvalue weighted by Crippen LogP contribution is -2.31. The van der Waals surface area contributed by atoms with Crippen LogP contribution in [0, 0.1) is 0 Å². The Morgan fingerprint density at radius 2 is 2.44 bits per heavy atom. The molecule has 2 heterocycles. The van der Waals surface area contributed by atoms with E-state index >= 15 is 0 Å². The number of nitrogens with zero attached hydrogens (tertiary/aromatic N) is 2. The Kier molecular flexibility index (Phi) is 3.61. The molecule has 0 radical (unpaired) electrons. The molecule has 90 valence electrons. The fourth-order valence-corrected chi connectivity index (χ4v) is 2.11. The third kappa shape index (κ3) is 3.32. The van der Waals surface area contributed by atoms with Gasteiger partial charge in [0.25, 0.3) is 0 Å². The third-order valence-electron chi connectivity index (χ3n) is 3.00. The Bertz CT molecular complexity index is 308. The first kappa shape index (κ1) is 11.6. The first-order valence-corrected chi connectivity index (χ1v) is 6.02. The minimum Gasteiger partial charge on any atom is -0.371 e. The second-order valence-electron chi connectivity index (χ2n) is 5.01. The first-order chi connectivity index (χ1) is 7.66. The maximum Gasteiger partial charge on any atom is 0.0707 e. The van der Waals surface area contributed by atoms with E-state index in [1.807, 2.05) is 23.1 Å². The van der Waals surface area contributed by atoms with E-state index in [0.717, 1.165) is 19.6 Å². The summed E-state index contributed by atoms with van der Waals surface area (Å²) in [5.74, 6) is 0. The zero-order valence-corrected chi connectivity index (χ0v) is 10.1. The maximum atomic E-state index is 5.90. The van der Waals surface area contributed by atoms with Crippen molar-refractivity contribution in [2.75, 3.05) is 13.1 Å². The van der Waals surface area contributed by atoms with Gasteiger partial charge in [-0.15, -0.1) is 0 Å². The molecule has 1 aromatic heterocycles. The summed E-state index contributed by atoms with van der Waals surface area (Å²) < 4.78 is 7.84. The monoisotopic (exact) mass is 223 g/mol. The quantitative estimate of drug-likeness (QED) is 0.768. The van der Waals surface area contributed by atoms with Gasteiger partial charge in [0.1, 0.15) is 0 Å². The molecule has 0 spiro atoms. The molecule has 1 aliphatic rings. The Morgan fingerprint density at radius 3 is 3.06 bits per heavy atom. The Labute approximate surface area is 97.0 Å². The molecule has 16 heavy (non-hydrogen) atoms. The highest BCUT2D eigenvalue weighted by Crippen LogP contribution is 2.28. The molecule has 1 saturated heterocycles. The largest absolute Gasteiger partial charge is 0.371 e. The predicted molar refractivity (Wildman–Crippen MR) is 63.3 cm³/mol. The SMILES string of the molecule is CC1(C)CCC(CNCCn2cccn2)O1. The minimum atomic E-state index is 0.0777. The summed E-state index contributed by atoms with van der Waals surface area (Å²) in [6.07, 6.45) is 6.51. The maximum absolute atomic E-state index is 5.90. The van der Waals surface area contributed by atoms with E-state index in [2.05, 4.69) is 24.3 Å². The standard InChI is InChI=1S/C12H21N3O/c1-12(2)5-4-11(16-12)10-13-7-9-15-8-3-6-14-15/h3,6,8,11,13H,4-5,7,9-10H2,1-2H3. The molecule has 0 aliphatic carbocycles. The average Bonchev–Trinajstić information content (AvgIpc) is 2.82. The van der Waals surface area contributed by atoms with E-state index in [1.54, 1.807) is 0 Å².